The van der Waals surface area contributed by atoms with Crippen molar-refractivity contribution in [3.63, 3.8) is 0 Å². The number of hydroxylamine groups is 2. The molecule has 4 N–H and O–H groups in total. The van der Waals surface area contributed by atoms with Gasteiger partial charge in [0.1, 0.15) is 6.04 Å². The van der Waals surface area contributed by atoms with E-state index in [0.29, 0.717) is 31.0 Å². The fourth-order valence-electron chi connectivity index (χ4n) is 4.78. The highest BCUT2D eigenvalue weighted by atomic mass is 16.7. The molecule has 11 nitrogen and oxygen atoms in total. The lowest BCUT2D eigenvalue weighted by molar-refractivity contribution is -0.134. The Hall–Kier alpha value is -3.18. The van der Waals surface area contributed by atoms with E-state index in [2.05, 4.69) is 20.4 Å². The van der Waals surface area contributed by atoms with E-state index in [1.54, 1.807) is 11.1 Å². The van der Waals surface area contributed by atoms with Gasteiger partial charge in [0, 0.05) is 63.5 Å². The van der Waals surface area contributed by atoms with Gasteiger partial charge in [0.15, 0.2) is 0 Å². The van der Waals surface area contributed by atoms with Gasteiger partial charge in [-0.3, -0.25) is 24.6 Å². The van der Waals surface area contributed by atoms with Crippen LogP contribution in [0.4, 0.5) is 10.5 Å². The van der Waals surface area contributed by atoms with Gasteiger partial charge in [0.25, 0.3) is 5.91 Å². The van der Waals surface area contributed by atoms with E-state index < -0.39 is 18.0 Å². The molecule has 3 fully saturated rings. The maximum absolute atomic E-state index is 12.7. The van der Waals surface area contributed by atoms with E-state index in [9.17, 15) is 19.2 Å². The number of piperidine rings is 2. The summed E-state index contributed by atoms with van der Waals surface area (Å²) in [6, 6.07) is 6.74. The number of carbonyl (C=O) groups is 4. The first-order chi connectivity index (χ1) is 16.4. The lowest BCUT2D eigenvalue weighted by Gasteiger charge is -2.39. The van der Waals surface area contributed by atoms with E-state index in [4.69, 9.17) is 10.6 Å². The zero-order valence-corrected chi connectivity index (χ0v) is 19.2. The Morgan fingerprint density at radius 1 is 1.06 bits per heavy atom. The maximum atomic E-state index is 12.7. The van der Waals surface area contributed by atoms with Crippen molar-refractivity contribution in [2.24, 2.45) is 11.7 Å². The lowest BCUT2D eigenvalue weighted by atomic mass is 9.97. The molecule has 3 saturated heterocycles. The molecule has 0 saturated carbocycles. The first-order valence-corrected chi connectivity index (χ1v) is 11.8. The number of anilines is 1. The Kier molecular flexibility index (Phi) is 7.63. The summed E-state index contributed by atoms with van der Waals surface area (Å²) in [7, 11) is 0. The standard InChI is InChI=1S/C23H32N6O5/c24-23(33)34-29-8-6-16(7-9-29)15-27-10-12-28(13-11-27)18-3-1-2-17(14-18)21(31)25-19-4-5-20(30)26-22(19)32/h1-3,14,16,19H,4-13,15H2,(H2,24,33)(H,25,31)(H,26,30,32). The summed E-state index contributed by atoms with van der Waals surface area (Å²) in [6.45, 7) is 6.04. The van der Waals surface area contributed by atoms with Crippen LogP contribution in [0.2, 0.25) is 0 Å². The van der Waals surface area contributed by atoms with Gasteiger partial charge in [0.2, 0.25) is 11.8 Å². The van der Waals surface area contributed by atoms with E-state index in [1.807, 2.05) is 18.2 Å². The molecular formula is C23H32N6O5. The number of imide groups is 1. The van der Waals surface area contributed by atoms with Gasteiger partial charge >= 0.3 is 6.09 Å². The average Bonchev–Trinajstić information content (AvgIpc) is 2.82. The number of rotatable bonds is 6. The summed E-state index contributed by atoms with van der Waals surface area (Å²) in [4.78, 5) is 56.5. The summed E-state index contributed by atoms with van der Waals surface area (Å²) < 4.78 is 0. The predicted molar refractivity (Wildman–Crippen MR) is 124 cm³/mol. The fourth-order valence-corrected chi connectivity index (χ4v) is 4.78. The van der Waals surface area contributed by atoms with E-state index in [1.165, 1.54) is 0 Å². The molecule has 34 heavy (non-hydrogen) atoms. The van der Waals surface area contributed by atoms with Gasteiger partial charge in [-0.15, -0.1) is 5.06 Å². The van der Waals surface area contributed by atoms with Crippen molar-refractivity contribution in [1.29, 1.82) is 0 Å². The summed E-state index contributed by atoms with van der Waals surface area (Å²) in [6.07, 6.45) is 1.72. The Labute approximate surface area is 198 Å². The molecule has 0 radical (unpaired) electrons. The second-order valence-corrected chi connectivity index (χ2v) is 9.10. The molecule has 1 aromatic rings. The molecule has 1 aromatic carbocycles. The lowest BCUT2D eigenvalue weighted by Crippen LogP contribution is -2.52. The normalized spacial score (nSPS) is 22.8. The maximum Gasteiger partial charge on any atom is 0.423 e. The number of carbonyl (C=O) groups excluding carboxylic acids is 4. The minimum atomic E-state index is -0.757. The van der Waals surface area contributed by atoms with Gasteiger partial charge in [-0.1, -0.05) is 6.07 Å². The highest BCUT2D eigenvalue weighted by molar-refractivity contribution is 6.04. The molecule has 3 heterocycles. The monoisotopic (exact) mass is 472 g/mol. The predicted octanol–water partition coefficient (Wildman–Crippen LogP) is 0.0659. The van der Waals surface area contributed by atoms with Gasteiger partial charge < -0.3 is 20.8 Å². The van der Waals surface area contributed by atoms with Crippen LogP contribution in [0.1, 0.15) is 36.0 Å². The number of primary amides is 1. The van der Waals surface area contributed by atoms with Crippen molar-refractivity contribution < 1.29 is 24.0 Å². The van der Waals surface area contributed by atoms with Crippen LogP contribution in [0.3, 0.4) is 0 Å². The Morgan fingerprint density at radius 2 is 1.79 bits per heavy atom. The Bertz CT molecular complexity index is 924. The molecule has 0 spiro atoms. The van der Waals surface area contributed by atoms with Crippen LogP contribution in [-0.2, 0) is 14.4 Å². The summed E-state index contributed by atoms with van der Waals surface area (Å²) in [5, 5.41) is 6.63. The van der Waals surface area contributed by atoms with Gasteiger partial charge in [0.05, 0.1) is 0 Å². The molecule has 11 heteroatoms. The van der Waals surface area contributed by atoms with Crippen LogP contribution in [0.5, 0.6) is 0 Å². The minimum absolute atomic E-state index is 0.223. The van der Waals surface area contributed by atoms with Crippen LogP contribution in [0.15, 0.2) is 24.3 Å². The first kappa shape index (κ1) is 24.0. The molecule has 0 aromatic heterocycles. The van der Waals surface area contributed by atoms with Gasteiger partial charge in [-0.05, 0) is 43.4 Å². The second-order valence-electron chi connectivity index (χ2n) is 9.10. The number of hydrogen-bond acceptors (Lipinski definition) is 8. The van der Waals surface area contributed by atoms with Gasteiger partial charge in [-0.25, -0.2) is 4.79 Å². The van der Waals surface area contributed by atoms with Crippen molar-refractivity contribution in [3.8, 4) is 0 Å². The molecule has 184 valence electrons. The number of piperazine rings is 1. The zero-order chi connectivity index (χ0) is 24.1. The highest BCUT2D eigenvalue weighted by Gasteiger charge is 2.29. The van der Waals surface area contributed by atoms with Crippen LogP contribution >= 0.6 is 0 Å². The number of nitrogens with two attached hydrogens (primary N) is 1. The molecular weight excluding hydrogens is 440 g/mol. The van der Waals surface area contributed by atoms with E-state index in [-0.39, 0.29) is 18.2 Å². The largest absolute Gasteiger partial charge is 0.423 e. The smallest absolute Gasteiger partial charge is 0.369 e. The van der Waals surface area contributed by atoms with Crippen LogP contribution < -0.4 is 21.3 Å². The van der Waals surface area contributed by atoms with Crippen LogP contribution in [0, 0.1) is 5.92 Å². The molecule has 3 aliphatic heterocycles. The van der Waals surface area contributed by atoms with Crippen molar-refractivity contribution >= 4 is 29.5 Å². The summed E-state index contributed by atoms with van der Waals surface area (Å²) in [5.41, 5.74) is 6.56. The van der Waals surface area contributed by atoms with Crippen molar-refractivity contribution in [2.45, 2.75) is 31.7 Å². The molecule has 0 aliphatic carbocycles. The third kappa shape index (κ3) is 6.23. The quantitative estimate of drug-likeness (QED) is 0.495. The fraction of sp³-hybridized carbons (Fsp3) is 0.565. The number of nitrogens with one attached hydrogen (secondary N) is 2. The molecule has 0 bridgehead atoms. The number of amides is 4. The third-order valence-corrected chi connectivity index (χ3v) is 6.70. The molecule has 1 unspecified atom stereocenters. The summed E-state index contributed by atoms with van der Waals surface area (Å²) >= 11 is 0. The van der Waals surface area contributed by atoms with Crippen LogP contribution in [0.25, 0.3) is 0 Å². The van der Waals surface area contributed by atoms with Crippen molar-refractivity contribution in [1.82, 2.24) is 20.6 Å². The van der Waals surface area contributed by atoms with Crippen molar-refractivity contribution in [2.75, 3.05) is 50.7 Å². The Balaban J connectivity index is 1.24. The SMILES string of the molecule is NC(=O)ON1CCC(CN2CCN(c3cccc(C(=O)NC4CCC(=O)NC4=O)c3)CC2)CC1. The summed E-state index contributed by atoms with van der Waals surface area (Å²) in [5.74, 6) is -0.512. The van der Waals surface area contributed by atoms with E-state index >= 15 is 0 Å². The van der Waals surface area contributed by atoms with Crippen LogP contribution in [-0.4, -0.2) is 85.6 Å². The molecule has 3 aliphatic rings. The molecule has 4 amide bonds. The Morgan fingerprint density at radius 3 is 2.47 bits per heavy atom. The number of nitrogens with zero attached hydrogens (tertiary/aromatic N) is 3. The first-order valence-electron chi connectivity index (χ1n) is 11.8. The second kappa shape index (κ2) is 10.8. The average molecular weight is 473 g/mol. The van der Waals surface area contributed by atoms with Gasteiger partial charge in [-0.2, -0.15) is 0 Å². The topological polar surface area (TPSA) is 137 Å². The van der Waals surface area contributed by atoms with E-state index in [0.717, 1.165) is 51.3 Å². The zero-order valence-electron chi connectivity index (χ0n) is 19.2. The molecule has 1 atom stereocenters. The third-order valence-electron chi connectivity index (χ3n) is 6.70. The molecule has 4 rings (SSSR count). The number of hydrogen-bond donors (Lipinski definition) is 3. The number of benzene rings is 1. The van der Waals surface area contributed by atoms with Crippen molar-refractivity contribution in [3.05, 3.63) is 29.8 Å². The minimum Gasteiger partial charge on any atom is -0.369 e. The highest BCUT2D eigenvalue weighted by Crippen LogP contribution is 2.22.